The predicted molar refractivity (Wildman–Crippen MR) is 133 cm³/mol. The van der Waals surface area contributed by atoms with Crippen molar-refractivity contribution in [3.05, 3.63) is 70.8 Å². The molecule has 190 valence electrons. The van der Waals surface area contributed by atoms with Crippen LogP contribution in [0.1, 0.15) is 53.7 Å². The molecule has 0 heterocycles. The number of aryl methyl sites for hydroxylation is 1. The van der Waals surface area contributed by atoms with Gasteiger partial charge in [-0.05, 0) is 73.9 Å². The van der Waals surface area contributed by atoms with E-state index in [4.69, 9.17) is 15.9 Å². The lowest BCUT2D eigenvalue weighted by molar-refractivity contribution is -0.144. The molecule has 0 fully saturated rings. The van der Waals surface area contributed by atoms with Crippen LogP contribution in [0, 0.1) is 12.3 Å². The zero-order valence-electron chi connectivity index (χ0n) is 20.3. The van der Waals surface area contributed by atoms with Crippen molar-refractivity contribution in [3.8, 4) is 5.75 Å². The van der Waals surface area contributed by atoms with Gasteiger partial charge in [0.1, 0.15) is 17.6 Å². The first-order valence-corrected chi connectivity index (χ1v) is 11.3. The van der Waals surface area contributed by atoms with Crippen molar-refractivity contribution in [3.63, 3.8) is 0 Å². The van der Waals surface area contributed by atoms with Crippen LogP contribution in [-0.2, 0) is 19.1 Å². The SMILES string of the molecule is CCCC(NC(=O)/C=C/c1ccc(C(=O)Oc2ccc(C(=N)N)cc2)cc1C)C(=O)OC(=O)OCC. The van der Waals surface area contributed by atoms with Crippen LogP contribution in [0.25, 0.3) is 6.08 Å². The Kier molecular flexibility index (Phi) is 10.4. The predicted octanol–water partition coefficient (Wildman–Crippen LogP) is 3.50. The zero-order valence-corrected chi connectivity index (χ0v) is 20.3. The molecule has 2 rings (SSSR count). The Morgan fingerprint density at radius 3 is 2.31 bits per heavy atom. The number of hydrogen-bond acceptors (Lipinski definition) is 8. The average molecular weight is 496 g/mol. The van der Waals surface area contributed by atoms with E-state index in [-0.39, 0.29) is 18.9 Å². The van der Waals surface area contributed by atoms with E-state index >= 15 is 0 Å². The molecule has 4 N–H and O–H groups in total. The molecule has 0 aliphatic heterocycles. The van der Waals surface area contributed by atoms with Gasteiger partial charge in [0, 0.05) is 11.6 Å². The molecule has 1 amide bonds. The van der Waals surface area contributed by atoms with Crippen molar-refractivity contribution < 1.29 is 33.4 Å². The summed E-state index contributed by atoms with van der Waals surface area (Å²) in [5.74, 6) is -1.78. The first-order chi connectivity index (χ1) is 17.1. The third kappa shape index (κ3) is 8.39. The number of nitrogens with two attached hydrogens (primary N) is 1. The average Bonchev–Trinajstić information content (AvgIpc) is 2.83. The fourth-order valence-corrected chi connectivity index (χ4v) is 3.08. The normalized spacial score (nSPS) is 11.4. The number of rotatable bonds is 10. The Hall–Kier alpha value is -4.47. The molecule has 0 saturated heterocycles. The summed E-state index contributed by atoms with van der Waals surface area (Å²) < 4.78 is 14.5. The lowest BCUT2D eigenvalue weighted by Gasteiger charge is -2.15. The van der Waals surface area contributed by atoms with Crippen molar-refractivity contribution in [2.24, 2.45) is 5.73 Å². The molecule has 0 radical (unpaired) electrons. The molecular weight excluding hydrogens is 466 g/mol. The number of esters is 2. The molecule has 1 atom stereocenters. The molecule has 0 saturated carbocycles. The van der Waals surface area contributed by atoms with E-state index in [2.05, 4.69) is 14.8 Å². The van der Waals surface area contributed by atoms with Gasteiger partial charge in [-0.3, -0.25) is 10.2 Å². The second kappa shape index (κ2) is 13.4. The Morgan fingerprint density at radius 1 is 1.06 bits per heavy atom. The summed E-state index contributed by atoms with van der Waals surface area (Å²) in [6.07, 6.45) is 2.53. The topological polar surface area (TPSA) is 158 Å². The molecule has 2 aromatic carbocycles. The Morgan fingerprint density at radius 2 is 1.72 bits per heavy atom. The summed E-state index contributed by atoms with van der Waals surface area (Å²) in [7, 11) is 0. The monoisotopic (exact) mass is 495 g/mol. The van der Waals surface area contributed by atoms with Crippen LogP contribution in [-0.4, -0.2) is 42.5 Å². The third-order valence-electron chi connectivity index (χ3n) is 4.92. The van der Waals surface area contributed by atoms with E-state index in [9.17, 15) is 19.2 Å². The van der Waals surface area contributed by atoms with Gasteiger partial charge in [0.25, 0.3) is 0 Å². The van der Waals surface area contributed by atoms with Gasteiger partial charge in [0.15, 0.2) is 0 Å². The molecule has 10 nitrogen and oxygen atoms in total. The molecule has 0 bridgehead atoms. The molecule has 1 unspecified atom stereocenters. The maximum absolute atomic E-state index is 12.5. The third-order valence-corrected chi connectivity index (χ3v) is 4.92. The highest BCUT2D eigenvalue weighted by molar-refractivity contribution is 5.97. The quantitative estimate of drug-likeness (QED) is 0.113. The molecule has 0 spiro atoms. The highest BCUT2D eigenvalue weighted by atomic mass is 16.7. The summed E-state index contributed by atoms with van der Waals surface area (Å²) in [6.45, 7) is 5.23. The number of benzene rings is 2. The Bertz CT molecular complexity index is 1160. The van der Waals surface area contributed by atoms with Crippen molar-refractivity contribution in [2.45, 2.75) is 39.7 Å². The summed E-state index contributed by atoms with van der Waals surface area (Å²) in [4.78, 5) is 48.3. The fourth-order valence-electron chi connectivity index (χ4n) is 3.08. The minimum absolute atomic E-state index is 0.0593. The maximum atomic E-state index is 12.5. The standard InChI is InChI=1S/C26H29N3O7/c1-4-6-21(25(32)36-26(33)34-5-2)29-22(30)14-11-17-7-8-19(15-16(17)3)24(31)35-20-12-9-18(10-13-20)23(27)28/h7-15,21H,4-6H2,1-3H3,(H3,27,28)(H,29,30)/b14-11+. The van der Waals surface area contributed by atoms with E-state index in [1.807, 2.05) is 6.92 Å². The summed E-state index contributed by atoms with van der Waals surface area (Å²) in [5, 5.41) is 9.92. The zero-order chi connectivity index (χ0) is 26.7. The van der Waals surface area contributed by atoms with Crippen LogP contribution in [0.2, 0.25) is 0 Å². The van der Waals surface area contributed by atoms with E-state index in [1.54, 1.807) is 62.4 Å². The summed E-state index contributed by atoms with van der Waals surface area (Å²) in [6, 6.07) is 10.1. The van der Waals surface area contributed by atoms with Crippen LogP contribution in [0.5, 0.6) is 5.75 Å². The number of nitrogens with one attached hydrogen (secondary N) is 2. The number of amides is 1. The van der Waals surface area contributed by atoms with Gasteiger partial charge in [0.2, 0.25) is 5.91 Å². The second-order valence-corrected chi connectivity index (χ2v) is 7.69. The first kappa shape index (κ1) is 27.8. The molecular formula is C26H29N3O7. The van der Waals surface area contributed by atoms with E-state index in [1.165, 1.54) is 6.08 Å². The van der Waals surface area contributed by atoms with Gasteiger partial charge < -0.3 is 25.3 Å². The second-order valence-electron chi connectivity index (χ2n) is 7.69. The number of hydrogen-bond donors (Lipinski definition) is 3. The van der Waals surface area contributed by atoms with Gasteiger partial charge in [-0.1, -0.05) is 19.4 Å². The Labute approximate surface area is 208 Å². The number of carbonyl (C=O) groups is 4. The van der Waals surface area contributed by atoms with Crippen molar-refractivity contribution in [1.82, 2.24) is 5.32 Å². The largest absolute Gasteiger partial charge is 0.516 e. The minimum Gasteiger partial charge on any atom is -0.434 e. The highest BCUT2D eigenvalue weighted by Crippen LogP contribution is 2.17. The van der Waals surface area contributed by atoms with Crippen LogP contribution < -0.4 is 15.8 Å². The smallest absolute Gasteiger partial charge is 0.434 e. The molecule has 2 aromatic rings. The fraction of sp³-hybridized carbons (Fsp3) is 0.269. The molecule has 36 heavy (non-hydrogen) atoms. The summed E-state index contributed by atoms with van der Waals surface area (Å²) in [5.41, 5.74) is 7.64. The van der Waals surface area contributed by atoms with Gasteiger partial charge >= 0.3 is 18.1 Å². The van der Waals surface area contributed by atoms with Crippen LogP contribution in [0.15, 0.2) is 48.5 Å². The van der Waals surface area contributed by atoms with Crippen molar-refractivity contribution in [2.75, 3.05) is 6.61 Å². The van der Waals surface area contributed by atoms with E-state index in [0.29, 0.717) is 34.4 Å². The Balaban J connectivity index is 2.01. The van der Waals surface area contributed by atoms with E-state index < -0.39 is 30.0 Å². The van der Waals surface area contributed by atoms with Crippen LogP contribution >= 0.6 is 0 Å². The number of ether oxygens (including phenoxy) is 3. The molecule has 0 aliphatic rings. The maximum Gasteiger partial charge on any atom is 0.516 e. The van der Waals surface area contributed by atoms with Crippen LogP contribution in [0.4, 0.5) is 4.79 Å². The highest BCUT2D eigenvalue weighted by Gasteiger charge is 2.24. The van der Waals surface area contributed by atoms with Crippen molar-refractivity contribution in [1.29, 1.82) is 5.41 Å². The first-order valence-electron chi connectivity index (χ1n) is 11.3. The number of amidine groups is 1. The number of carbonyl (C=O) groups excluding carboxylic acids is 4. The molecule has 0 aromatic heterocycles. The molecule has 0 aliphatic carbocycles. The van der Waals surface area contributed by atoms with Gasteiger partial charge in [-0.15, -0.1) is 0 Å². The lowest BCUT2D eigenvalue weighted by Crippen LogP contribution is -2.41. The van der Waals surface area contributed by atoms with Crippen LogP contribution in [0.3, 0.4) is 0 Å². The van der Waals surface area contributed by atoms with Gasteiger partial charge in [-0.2, -0.15) is 0 Å². The van der Waals surface area contributed by atoms with E-state index in [0.717, 1.165) is 0 Å². The van der Waals surface area contributed by atoms with Gasteiger partial charge in [0.05, 0.1) is 12.2 Å². The van der Waals surface area contributed by atoms with Crippen molar-refractivity contribution >= 4 is 35.9 Å². The number of nitrogen functional groups attached to an aromatic ring is 1. The molecule has 10 heteroatoms. The minimum atomic E-state index is -1.12. The van der Waals surface area contributed by atoms with Gasteiger partial charge in [-0.25, -0.2) is 14.4 Å². The summed E-state index contributed by atoms with van der Waals surface area (Å²) >= 11 is 0. The lowest BCUT2D eigenvalue weighted by atomic mass is 10.0.